The molecule has 0 atom stereocenters. The van der Waals surface area contributed by atoms with Crippen molar-refractivity contribution in [3.8, 4) is 0 Å². The van der Waals surface area contributed by atoms with Crippen LogP contribution in [0, 0.1) is 5.82 Å². The van der Waals surface area contributed by atoms with Gasteiger partial charge in [0.15, 0.2) is 0 Å². The summed E-state index contributed by atoms with van der Waals surface area (Å²) < 4.78 is 44.7. The summed E-state index contributed by atoms with van der Waals surface area (Å²) in [4.78, 5) is 14.2. The summed E-state index contributed by atoms with van der Waals surface area (Å²) in [5.74, 6) is -0.820. The molecule has 0 bridgehead atoms. The SMILES string of the molecule is O=C(CCNS(=O)(=O)c1ccc(F)cc1)Nc1ccc(N2CCOCC2)cc1. The zero-order chi connectivity index (χ0) is 20.0. The van der Waals surface area contributed by atoms with Crippen molar-refractivity contribution in [1.29, 1.82) is 0 Å². The van der Waals surface area contributed by atoms with Gasteiger partial charge in [-0.05, 0) is 48.5 Å². The number of nitrogens with zero attached hydrogens (tertiary/aromatic N) is 1. The number of rotatable bonds is 7. The molecule has 2 N–H and O–H groups in total. The Morgan fingerprint density at radius 2 is 1.68 bits per heavy atom. The molecular weight excluding hydrogens is 385 g/mol. The van der Waals surface area contributed by atoms with E-state index in [1.54, 1.807) is 0 Å². The first-order valence-corrected chi connectivity index (χ1v) is 10.4. The fourth-order valence-corrected chi connectivity index (χ4v) is 3.83. The average molecular weight is 407 g/mol. The van der Waals surface area contributed by atoms with Crippen molar-refractivity contribution in [1.82, 2.24) is 4.72 Å². The number of nitrogens with one attached hydrogen (secondary N) is 2. The second kappa shape index (κ2) is 9.13. The second-order valence-corrected chi connectivity index (χ2v) is 8.06. The van der Waals surface area contributed by atoms with Crippen LogP contribution < -0.4 is 14.9 Å². The van der Waals surface area contributed by atoms with Crippen LogP contribution in [0.4, 0.5) is 15.8 Å². The van der Waals surface area contributed by atoms with Crippen molar-refractivity contribution in [3.05, 3.63) is 54.3 Å². The number of carbonyl (C=O) groups is 1. The lowest BCUT2D eigenvalue weighted by Crippen LogP contribution is -2.36. The number of sulfonamides is 1. The Morgan fingerprint density at radius 3 is 2.32 bits per heavy atom. The molecule has 0 aliphatic carbocycles. The van der Waals surface area contributed by atoms with E-state index in [0.29, 0.717) is 18.9 Å². The first-order chi connectivity index (χ1) is 13.4. The third-order valence-electron chi connectivity index (χ3n) is 4.30. The molecule has 1 fully saturated rings. The summed E-state index contributed by atoms with van der Waals surface area (Å²) in [6, 6.07) is 12.0. The van der Waals surface area contributed by atoms with Crippen LogP contribution >= 0.6 is 0 Å². The van der Waals surface area contributed by atoms with Crippen molar-refractivity contribution in [3.63, 3.8) is 0 Å². The molecule has 0 aromatic heterocycles. The molecule has 0 radical (unpaired) electrons. The van der Waals surface area contributed by atoms with E-state index < -0.39 is 15.8 Å². The Hall–Kier alpha value is -2.49. The second-order valence-electron chi connectivity index (χ2n) is 6.30. The average Bonchev–Trinajstić information content (AvgIpc) is 2.69. The Labute approximate surface area is 163 Å². The minimum atomic E-state index is -3.78. The van der Waals surface area contributed by atoms with Gasteiger partial charge in [-0.2, -0.15) is 0 Å². The fourth-order valence-electron chi connectivity index (χ4n) is 2.80. The number of ether oxygens (including phenoxy) is 1. The van der Waals surface area contributed by atoms with Crippen molar-refractivity contribution in [2.75, 3.05) is 43.1 Å². The highest BCUT2D eigenvalue weighted by Crippen LogP contribution is 2.19. The number of amides is 1. The summed E-state index contributed by atoms with van der Waals surface area (Å²) in [7, 11) is -3.78. The Kier molecular flexibility index (Phi) is 6.61. The van der Waals surface area contributed by atoms with Gasteiger partial charge in [-0.1, -0.05) is 0 Å². The van der Waals surface area contributed by atoms with Gasteiger partial charge in [0, 0.05) is 37.4 Å². The molecule has 1 heterocycles. The maximum Gasteiger partial charge on any atom is 0.240 e. The number of morpholine rings is 1. The van der Waals surface area contributed by atoms with E-state index in [9.17, 15) is 17.6 Å². The fraction of sp³-hybridized carbons (Fsp3) is 0.316. The maximum atomic E-state index is 12.9. The number of anilines is 2. The van der Waals surface area contributed by atoms with Gasteiger partial charge in [-0.15, -0.1) is 0 Å². The summed E-state index contributed by atoms with van der Waals surface area (Å²) >= 11 is 0. The van der Waals surface area contributed by atoms with Crippen molar-refractivity contribution >= 4 is 27.3 Å². The van der Waals surface area contributed by atoms with E-state index in [-0.39, 0.29) is 23.8 Å². The van der Waals surface area contributed by atoms with Crippen LogP contribution in [0.2, 0.25) is 0 Å². The van der Waals surface area contributed by atoms with Crippen molar-refractivity contribution < 1.29 is 22.3 Å². The highest BCUT2D eigenvalue weighted by molar-refractivity contribution is 7.89. The molecule has 3 rings (SSSR count). The van der Waals surface area contributed by atoms with E-state index in [1.165, 1.54) is 12.1 Å². The molecule has 2 aromatic carbocycles. The van der Waals surface area contributed by atoms with E-state index in [1.807, 2.05) is 24.3 Å². The Morgan fingerprint density at radius 1 is 1.04 bits per heavy atom. The van der Waals surface area contributed by atoms with Crippen LogP contribution in [0.1, 0.15) is 6.42 Å². The lowest BCUT2D eigenvalue weighted by Gasteiger charge is -2.28. The largest absolute Gasteiger partial charge is 0.378 e. The zero-order valence-electron chi connectivity index (χ0n) is 15.2. The van der Waals surface area contributed by atoms with Gasteiger partial charge in [0.2, 0.25) is 15.9 Å². The molecule has 2 aromatic rings. The number of hydrogen-bond donors (Lipinski definition) is 2. The van der Waals surface area contributed by atoms with Gasteiger partial charge in [0.25, 0.3) is 0 Å². The molecule has 1 aliphatic heterocycles. The van der Waals surface area contributed by atoms with Gasteiger partial charge in [0.05, 0.1) is 18.1 Å². The number of benzene rings is 2. The quantitative estimate of drug-likeness (QED) is 0.733. The molecule has 1 saturated heterocycles. The molecule has 28 heavy (non-hydrogen) atoms. The van der Waals surface area contributed by atoms with Gasteiger partial charge in [-0.25, -0.2) is 17.5 Å². The smallest absolute Gasteiger partial charge is 0.240 e. The number of hydrogen-bond acceptors (Lipinski definition) is 5. The van der Waals surface area contributed by atoms with Crippen molar-refractivity contribution in [2.24, 2.45) is 0 Å². The lowest BCUT2D eigenvalue weighted by molar-refractivity contribution is -0.116. The molecule has 0 unspecified atom stereocenters. The third kappa shape index (κ3) is 5.51. The monoisotopic (exact) mass is 407 g/mol. The van der Waals surface area contributed by atoms with Crippen LogP contribution in [-0.2, 0) is 19.6 Å². The van der Waals surface area contributed by atoms with Gasteiger partial charge in [-0.3, -0.25) is 4.79 Å². The molecule has 1 aliphatic rings. The van der Waals surface area contributed by atoms with Crippen LogP contribution in [0.15, 0.2) is 53.4 Å². The molecule has 1 amide bonds. The summed E-state index contributed by atoms with van der Waals surface area (Å²) in [5.41, 5.74) is 1.71. The standard InChI is InChI=1S/C19H22FN3O4S/c20-15-1-7-18(8-2-15)28(25,26)21-10-9-19(24)22-16-3-5-17(6-4-16)23-11-13-27-14-12-23/h1-8,21H,9-14H2,(H,22,24). The summed E-state index contributed by atoms with van der Waals surface area (Å²) in [6.07, 6.45) is -0.0222. The maximum absolute atomic E-state index is 12.9. The summed E-state index contributed by atoms with van der Waals surface area (Å²) in [5, 5.41) is 2.74. The molecule has 150 valence electrons. The Bertz CT molecular complexity index is 896. The number of carbonyl (C=O) groups excluding carboxylic acids is 1. The summed E-state index contributed by atoms with van der Waals surface area (Å²) in [6.45, 7) is 3.01. The van der Waals surface area contributed by atoms with Crippen LogP contribution in [0.5, 0.6) is 0 Å². The van der Waals surface area contributed by atoms with Crippen LogP contribution in [0.25, 0.3) is 0 Å². The first kappa shape index (κ1) is 20.2. The van der Waals surface area contributed by atoms with E-state index in [2.05, 4.69) is 14.9 Å². The Balaban J connectivity index is 1.47. The van der Waals surface area contributed by atoms with Crippen LogP contribution in [-0.4, -0.2) is 47.2 Å². The van der Waals surface area contributed by atoms with Gasteiger partial charge < -0.3 is 15.0 Å². The lowest BCUT2D eigenvalue weighted by atomic mass is 10.2. The predicted octanol–water partition coefficient (Wildman–Crippen LogP) is 1.97. The minimum Gasteiger partial charge on any atom is -0.378 e. The molecule has 0 saturated carbocycles. The zero-order valence-corrected chi connectivity index (χ0v) is 16.0. The van der Waals surface area contributed by atoms with E-state index in [4.69, 9.17) is 4.74 Å². The number of halogens is 1. The predicted molar refractivity (Wildman–Crippen MR) is 104 cm³/mol. The highest BCUT2D eigenvalue weighted by atomic mass is 32.2. The topological polar surface area (TPSA) is 87.7 Å². The minimum absolute atomic E-state index is 0.0222. The molecule has 7 nitrogen and oxygen atoms in total. The molecular formula is C19H22FN3O4S. The highest BCUT2D eigenvalue weighted by Gasteiger charge is 2.14. The van der Waals surface area contributed by atoms with Crippen LogP contribution in [0.3, 0.4) is 0 Å². The molecule has 0 spiro atoms. The molecule has 9 heteroatoms. The van der Waals surface area contributed by atoms with Gasteiger partial charge in [0.1, 0.15) is 5.82 Å². The third-order valence-corrected chi connectivity index (χ3v) is 5.77. The van der Waals surface area contributed by atoms with Gasteiger partial charge >= 0.3 is 0 Å². The first-order valence-electron chi connectivity index (χ1n) is 8.92. The normalized spacial score (nSPS) is 14.7. The van der Waals surface area contributed by atoms with Crippen molar-refractivity contribution in [2.45, 2.75) is 11.3 Å². The van der Waals surface area contributed by atoms with E-state index in [0.717, 1.165) is 30.9 Å². The van der Waals surface area contributed by atoms with E-state index >= 15 is 0 Å².